The minimum Gasteiger partial charge on any atom is -0.439 e. The molecule has 9 nitrogen and oxygen atoms in total. The second-order valence-electron chi connectivity index (χ2n) is 8.82. The fraction of sp³-hybridized carbons (Fsp3) is 0.308. The zero-order valence-electron chi connectivity index (χ0n) is 19.6. The van der Waals surface area contributed by atoms with Crippen LogP contribution >= 0.6 is 0 Å². The third-order valence-corrected chi connectivity index (χ3v) is 6.07. The van der Waals surface area contributed by atoms with Gasteiger partial charge in [-0.05, 0) is 43.3 Å². The maximum atomic E-state index is 12.1. The molecule has 0 saturated carbocycles. The molecule has 1 aliphatic rings. The van der Waals surface area contributed by atoms with Crippen LogP contribution in [0.25, 0.3) is 22.2 Å². The fourth-order valence-electron chi connectivity index (χ4n) is 4.20. The Kier molecular flexibility index (Phi) is 6.69. The number of carbonyl (C=O) groups excluding carboxylic acids is 1. The second-order valence-corrected chi connectivity index (χ2v) is 8.82. The third kappa shape index (κ3) is 5.64. The van der Waals surface area contributed by atoms with Gasteiger partial charge in [-0.2, -0.15) is 5.10 Å². The molecule has 0 spiro atoms. The van der Waals surface area contributed by atoms with Gasteiger partial charge in [0.1, 0.15) is 5.75 Å². The van der Waals surface area contributed by atoms with Crippen molar-refractivity contribution in [2.45, 2.75) is 26.0 Å². The highest BCUT2D eigenvalue weighted by Crippen LogP contribution is 2.26. The van der Waals surface area contributed by atoms with Crippen LogP contribution in [0.5, 0.6) is 11.6 Å². The number of amides is 1. The van der Waals surface area contributed by atoms with Crippen LogP contribution in [0.1, 0.15) is 19.0 Å². The molecule has 1 saturated heterocycles. The van der Waals surface area contributed by atoms with Crippen LogP contribution in [-0.2, 0) is 11.3 Å². The minimum absolute atomic E-state index is 0.0189. The quantitative estimate of drug-likeness (QED) is 0.425. The lowest BCUT2D eigenvalue weighted by molar-refractivity contribution is -0.134. The fourth-order valence-corrected chi connectivity index (χ4v) is 4.20. The molecule has 0 unspecified atom stereocenters. The molecule has 1 atom stereocenters. The van der Waals surface area contributed by atoms with Crippen molar-refractivity contribution in [2.75, 3.05) is 26.2 Å². The first-order valence-electron chi connectivity index (χ1n) is 11.7. The first kappa shape index (κ1) is 22.9. The van der Waals surface area contributed by atoms with E-state index in [0.29, 0.717) is 24.7 Å². The Morgan fingerprint density at radius 2 is 1.97 bits per heavy atom. The van der Waals surface area contributed by atoms with Crippen LogP contribution in [0.4, 0.5) is 0 Å². The van der Waals surface area contributed by atoms with Crippen LogP contribution in [0.3, 0.4) is 0 Å². The van der Waals surface area contributed by atoms with Gasteiger partial charge in [-0.25, -0.2) is 4.98 Å². The molecule has 0 radical (unpaired) electrons. The van der Waals surface area contributed by atoms with Crippen molar-refractivity contribution < 1.29 is 14.6 Å². The molecule has 1 aromatic carbocycles. The first-order valence-corrected chi connectivity index (χ1v) is 11.7. The Hall–Kier alpha value is -3.82. The highest BCUT2D eigenvalue weighted by molar-refractivity contribution is 5.80. The molecule has 0 aliphatic carbocycles. The van der Waals surface area contributed by atoms with Crippen LogP contribution in [0, 0.1) is 0 Å². The van der Waals surface area contributed by atoms with Gasteiger partial charge in [-0.1, -0.05) is 6.07 Å². The average Bonchev–Trinajstić information content (AvgIpc) is 3.40. The number of H-pyrrole nitrogens is 1. The molecule has 1 amide bonds. The average molecular weight is 473 g/mol. The Balaban J connectivity index is 1.19. The molecule has 180 valence electrons. The molecule has 4 aromatic rings. The predicted octanol–water partition coefficient (Wildman–Crippen LogP) is 3.23. The number of aromatic nitrogens is 4. The second kappa shape index (κ2) is 10.2. The number of piperazine rings is 1. The number of ether oxygens (including phenoxy) is 1. The maximum Gasteiger partial charge on any atom is 0.225 e. The van der Waals surface area contributed by atoms with Crippen LogP contribution < -0.4 is 4.74 Å². The molecular formula is C26H28N6O3. The highest BCUT2D eigenvalue weighted by Gasteiger charge is 2.22. The minimum atomic E-state index is -0.599. The summed E-state index contributed by atoms with van der Waals surface area (Å²) in [6.07, 6.45) is 3.04. The van der Waals surface area contributed by atoms with E-state index >= 15 is 0 Å². The summed E-state index contributed by atoms with van der Waals surface area (Å²) in [7, 11) is 0. The van der Waals surface area contributed by atoms with E-state index in [9.17, 15) is 9.90 Å². The first-order chi connectivity index (χ1) is 17.0. The smallest absolute Gasteiger partial charge is 0.225 e. The number of aliphatic hydroxyl groups is 1. The third-order valence-electron chi connectivity index (χ3n) is 6.07. The Labute approximate surface area is 203 Å². The van der Waals surface area contributed by atoms with Crippen molar-refractivity contribution >= 4 is 16.8 Å². The van der Waals surface area contributed by atoms with E-state index in [2.05, 4.69) is 26.1 Å². The summed E-state index contributed by atoms with van der Waals surface area (Å²) in [6, 6.07) is 15.6. The predicted molar refractivity (Wildman–Crippen MR) is 132 cm³/mol. The van der Waals surface area contributed by atoms with Gasteiger partial charge in [-0.15, -0.1) is 0 Å². The number of aliphatic hydroxyl groups excluding tert-OH is 1. The number of nitrogens with zero attached hydrogens (tertiary/aromatic N) is 5. The zero-order valence-corrected chi connectivity index (χ0v) is 19.6. The Morgan fingerprint density at radius 3 is 2.69 bits per heavy atom. The zero-order chi connectivity index (χ0) is 24.2. The van der Waals surface area contributed by atoms with Crippen LogP contribution in [-0.4, -0.2) is 73.3 Å². The van der Waals surface area contributed by atoms with E-state index in [4.69, 9.17) is 9.72 Å². The van der Waals surface area contributed by atoms with Crippen molar-refractivity contribution in [2.24, 2.45) is 0 Å². The molecule has 35 heavy (non-hydrogen) atoms. The number of rotatable bonds is 7. The van der Waals surface area contributed by atoms with Gasteiger partial charge in [0.05, 0.1) is 29.4 Å². The van der Waals surface area contributed by atoms with Crippen LogP contribution in [0.15, 0.2) is 60.9 Å². The van der Waals surface area contributed by atoms with Crippen molar-refractivity contribution in [1.29, 1.82) is 0 Å². The lowest BCUT2D eigenvalue weighted by Crippen LogP contribution is -2.48. The molecule has 1 fully saturated rings. The Bertz CT molecular complexity index is 1280. The number of hydrogen-bond acceptors (Lipinski definition) is 7. The van der Waals surface area contributed by atoms with Gasteiger partial charge >= 0.3 is 0 Å². The van der Waals surface area contributed by atoms with E-state index in [1.165, 1.54) is 0 Å². The number of benzene rings is 1. The van der Waals surface area contributed by atoms with Crippen molar-refractivity contribution in [3.05, 3.63) is 66.6 Å². The summed E-state index contributed by atoms with van der Waals surface area (Å²) in [5.74, 6) is 1.24. The molecule has 5 rings (SSSR count). The topological polar surface area (TPSA) is 107 Å². The summed E-state index contributed by atoms with van der Waals surface area (Å²) in [6.45, 7) is 5.33. The van der Waals surface area contributed by atoms with Crippen molar-refractivity contribution in [3.63, 3.8) is 0 Å². The van der Waals surface area contributed by atoms with Crippen molar-refractivity contribution in [1.82, 2.24) is 30.0 Å². The molecule has 0 bridgehead atoms. The van der Waals surface area contributed by atoms with Gasteiger partial charge in [0.25, 0.3) is 0 Å². The van der Waals surface area contributed by atoms with Gasteiger partial charge in [0.2, 0.25) is 11.8 Å². The number of aromatic amines is 1. The lowest BCUT2D eigenvalue weighted by atomic mass is 10.2. The van der Waals surface area contributed by atoms with Gasteiger partial charge in [0, 0.05) is 62.1 Å². The molecular weight excluding hydrogens is 444 g/mol. The monoisotopic (exact) mass is 472 g/mol. The standard InChI is InChI=1S/C26H28N6O3/c1-18(33)14-26(34)32-12-10-31(11-13-32)17-21-4-2-19-15-22(5-6-23(19)29-21)35-25-7-3-20(16-27-25)24-8-9-28-30-24/h2-9,15-16,18,33H,10-14,17H2,1H3,(H,28,30)/t18-/m1/s1. The molecule has 3 aromatic heterocycles. The van der Waals surface area contributed by atoms with Gasteiger partial charge in [0.15, 0.2) is 0 Å². The Morgan fingerprint density at radius 1 is 1.11 bits per heavy atom. The van der Waals surface area contributed by atoms with E-state index in [0.717, 1.165) is 47.5 Å². The number of pyridine rings is 2. The summed E-state index contributed by atoms with van der Waals surface area (Å²) in [5.41, 5.74) is 3.75. The van der Waals surface area contributed by atoms with E-state index < -0.39 is 6.10 Å². The summed E-state index contributed by atoms with van der Waals surface area (Å²) in [4.78, 5) is 25.5. The number of fused-ring (bicyclic) bond motifs is 1. The van der Waals surface area contributed by atoms with E-state index in [1.54, 1.807) is 19.3 Å². The van der Waals surface area contributed by atoms with Gasteiger partial charge in [-0.3, -0.25) is 19.8 Å². The number of nitrogens with one attached hydrogen (secondary N) is 1. The van der Waals surface area contributed by atoms with E-state index in [1.807, 2.05) is 47.4 Å². The largest absolute Gasteiger partial charge is 0.439 e. The van der Waals surface area contributed by atoms with Crippen LogP contribution in [0.2, 0.25) is 0 Å². The van der Waals surface area contributed by atoms with Crippen molar-refractivity contribution in [3.8, 4) is 22.9 Å². The van der Waals surface area contributed by atoms with E-state index in [-0.39, 0.29) is 12.3 Å². The molecule has 1 aliphatic heterocycles. The highest BCUT2D eigenvalue weighted by atomic mass is 16.5. The molecule has 2 N–H and O–H groups in total. The number of hydrogen-bond donors (Lipinski definition) is 2. The SMILES string of the molecule is C[C@@H](O)CC(=O)N1CCN(Cc2ccc3cc(Oc4ccc(-c5ccn[nH]5)cn4)ccc3n2)CC1. The number of carbonyl (C=O) groups is 1. The summed E-state index contributed by atoms with van der Waals surface area (Å²) in [5, 5.41) is 17.3. The normalized spacial score (nSPS) is 15.3. The summed E-state index contributed by atoms with van der Waals surface area (Å²) >= 11 is 0. The lowest BCUT2D eigenvalue weighted by Gasteiger charge is -2.34. The molecule has 4 heterocycles. The van der Waals surface area contributed by atoms with Gasteiger partial charge < -0.3 is 14.7 Å². The maximum absolute atomic E-state index is 12.1. The summed E-state index contributed by atoms with van der Waals surface area (Å²) < 4.78 is 5.94. The molecule has 9 heteroatoms.